The lowest BCUT2D eigenvalue weighted by atomic mass is 9.94. The first-order valence-electron chi connectivity index (χ1n) is 6.24. The van der Waals surface area contributed by atoms with Gasteiger partial charge >= 0.3 is 0 Å². The highest BCUT2D eigenvalue weighted by Gasteiger charge is 2.10. The molecule has 1 unspecified atom stereocenters. The molecule has 0 amide bonds. The maximum atomic E-state index is 4.08. The second-order valence-electron chi connectivity index (χ2n) is 4.67. The lowest BCUT2D eigenvalue weighted by molar-refractivity contribution is 0.504. The smallest absolute Gasteiger partial charge is 0.0671 e. The molecule has 1 aromatic carbocycles. The number of rotatable bonds is 3. The third-order valence-corrected chi connectivity index (χ3v) is 3.44. The molecule has 1 aromatic heterocycles. The zero-order valence-corrected chi connectivity index (χ0v) is 9.82. The van der Waals surface area contributed by atoms with Gasteiger partial charge in [-0.3, -0.25) is 5.10 Å². The molecular formula is C14H17N3. The van der Waals surface area contributed by atoms with E-state index in [9.17, 15) is 0 Å². The van der Waals surface area contributed by atoms with Crippen LogP contribution in [0.25, 0.3) is 10.9 Å². The van der Waals surface area contributed by atoms with Gasteiger partial charge < -0.3 is 5.32 Å². The molecule has 1 aliphatic rings. The van der Waals surface area contributed by atoms with Gasteiger partial charge in [-0.15, -0.1) is 0 Å². The molecule has 0 spiro atoms. The van der Waals surface area contributed by atoms with Crippen LogP contribution in [-0.4, -0.2) is 16.7 Å². The Kier molecular flexibility index (Phi) is 2.82. The zero-order valence-electron chi connectivity index (χ0n) is 9.82. The molecule has 3 heteroatoms. The number of fused-ring (bicyclic) bond motifs is 1. The number of nitrogens with one attached hydrogen (secondary N) is 2. The Balaban J connectivity index is 1.72. The summed E-state index contributed by atoms with van der Waals surface area (Å²) < 4.78 is 0. The van der Waals surface area contributed by atoms with Gasteiger partial charge in [-0.25, -0.2) is 0 Å². The maximum Gasteiger partial charge on any atom is 0.0671 e. The summed E-state index contributed by atoms with van der Waals surface area (Å²) >= 11 is 0. The number of hydrogen-bond donors (Lipinski definition) is 2. The summed E-state index contributed by atoms with van der Waals surface area (Å²) in [6.45, 7) is 1.05. The fourth-order valence-corrected chi connectivity index (χ4v) is 2.42. The van der Waals surface area contributed by atoms with E-state index in [0.29, 0.717) is 0 Å². The number of benzene rings is 1. The van der Waals surface area contributed by atoms with Crippen LogP contribution < -0.4 is 5.32 Å². The largest absolute Gasteiger partial charge is 0.384 e. The molecular weight excluding hydrogens is 210 g/mol. The average Bonchev–Trinajstić information content (AvgIpc) is 2.86. The molecule has 0 saturated carbocycles. The van der Waals surface area contributed by atoms with E-state index in [1.165, 1.54) is 30.3 Å². The van der Waals surface area contributed by atoms with Gasteiger partial charge in [0.25, 0.3) is 0 Å². The summed E-state index contributed by atoms with van der Waals surface area (Å²) in [4.78, 5) is 0. The fraction of sp³-hybridized carbons (Fsp3) is 0.357. The van der Waals surface area contributed by atoms with Gasteiger partial charge in [0.15, 0.2) is 0 Å². The van der Waals surface area contributed by atoms with Gasteiger partial charge in [0.1, 0.15) is 0 Å². The number of allylic oxidation sites excluding steroid dienone is 2. The van der Waals surface area contributed by atoms with Crippen LogP contribution in [0.2, 0.25) is 0 Å². The molecule has 1 aliphatic carbocycles. The van der Waals surface area contributed by atoms with Crippen molar-refractivity contribution in [2.24, 2.45) is 5.92 Å². The third-order valence-electron chi connectivity index (χ3n) is 3.44. The molecule has 0 radical (unpaired) electrons. The summed E-state index contributed by atoms with van der Waals surface area (Å²) in [6, 6.07) is 6.23. The highest BCUT2D eigenvalue weighted by molar-refractivity contribution is 5.90. The minimum atomic E-state index is 0.766. The van der Waals surface area contributed by atoms with Crippen molar-refractivity contribution in [2.75, 3.05) is 11.9 Å². The molecule has 0 fully saturated rings. The van der Waals surface area contributed by atoms with Gasteiger partial charge in [0.05, 0.1) is 11.7 Å². The third kappa shape index (κ3) is 2.18. The highest BCUT2D eigenvalue weighted by atomic mass is 15.1. The molecule has 0 saturated heterocycles. The first-order chi connectivity index (χ1) is 8.43. The number of nitrogens with zero attached hydrogens (tertiary/aromatic N) is 1. The van der Waals surface area contributed by atoms with Crippen LogP contribution in [-0.2, 0) is 0 Å². The Hall–Kier alpha value is -1.77. The predicted octanol–water partition coefficient (Wildman–Crippen LogP) is 3.33. The van der Waals surface area contributed by atoms with Crippen molar-refractivity contribution in [3.63, 3.8) is 0 Å². The van der Waals surface area contributed by atoms with E-state index < -0.39 is 0 Å². The maximum absolute atomic E-state index is 4.08. The molecule has 0 aliphatic heterocycles. The van der Waals surface area contributed by atoms with E-state index in [1.807, 2.05) is 6.20 Å². The predicted molar refractivity (Wildman–Crippen MR) is 71.1 cm³/mol. The molecule has 2 N–H and O–H groups in total. The topological polar surface area (TPSA) is 40.7 Å². The number of H-pyrrole nitrogens is 1. The highest BCUT2D eigenvalue weighted by Crippen LogP contribution is 2.23. The molecule has 1 heterocycles. The van der Waals surface area contributed by atoms with Crippen LogP contribution in [0.3, 0.4) is 0 Å². The van der Waals surface area contributed by atoms with Crippen LogP contribution in [0.4, 0.5) is 5.69 Å². The first-order valence-corrected chi connectivity index (χ1v) is 6.24. The van der Waals surface area contributed by atoms with Crippen molar-refractivity contribution in [3.05, 3.63) is 36.5 Å². The Morgan fingerprint density at radius 2 is 2.35 bits per heavy atom. The second kappa shape index (κ2) is 4.62. The molecule has 1 atom stereocenters. The summed E-state index contributed by atoms with van der Waals surface area (Å²) in [5, 5.41) is 11.8. The summed E-state index contributed by atoms with van der Waals surface area (Å²) in [5.74, 6) is 0.766. The second-order valence-corrected chi connectivity index (χ2v) is 4.67. The molecule has 3 rings (SSSR count). The van der Waals surface area contributed by atoms with Crippen LogP contribution in [0.15, 0.2) is 36.5 Å². The van der Waals surface area contributed by atoms with Gasteiger partial charge in [-0.1, -0.05) is 18.2 Å². The molecule has 17 heavy (non-hydrogen) atoms. The van der Waals surface area contributed by atoms with Crippen LogP contribution in [0.1, 0.15) is 19.3 Å². The van der Waals surface area contributed by atoms with Crippen LogP contribution >= 0.6 is 0 Å². The monoisotopic (exact) mass is 227 g/mol. The average molecular weight is 227 g/mol. The van der Waals surface area contributed by atoms with Crippen molar-refractivity contribution in [3.8, 4) is 0 Å². The Labute approximate surface area is 101 Å². The number of hydrogen-bond acceptors (Lipinski definition) is 2. The van der Waals surface area contributed by atoms with Crippen LogP contribution in [0, 0.1) is 5.92 Å². The van der Waals surface area contributed by atoms with Gasteiger partial charge in [0, 0.05) is 17.6 Å². The zero-order chi connectivity index (χ0) is 11.5. The number of aromatic amines is 1. The molecule has 88 valence electrons. The van der Waals surface area contributed by atoms with Crippen LogP contribution in [0.5, 0.6) is 0 Å². The standard InChI is InChI=1S/C14H17N3/c1-2-5-11(6-3-1)9-15-13-7-4-8-14-12(13)10-16-17-14/h1-2,4,7-8,10-11,15H,3,5-6,9H2,(H,16,17). The minimum absolute atomic E-state index is 0.766. The van der Waals surface area contributed by atoms with Crippen molar-refractivity contribution in [1.82, 2.24) is 10.2 Å². The normalized spacial score (nSPS) is 19.6. The molecule has 3 nitrogen and oxygen atoms in total. The lowest BCUT2D eigenvalue weighted by Crippen LogP contribution is -2.15. The quantitative estimate of drug-likeness (QED) is 0.790. The van der Waals surface area contributed by atoms with E-state index in [4.69, 9.17) is 0 Å². The number of aromatic nitrogens is 2. The Bertz CT molecular complexity index is 527. The Morgan fingerprint density at radius 1 is 1.35 bits per heavy atom. The number of anilines is 1. The van der Waals surface area contributed by atoms with E-state index in [0.717, 1.165) is 18.0 Å². The lowest BCUT2D eigenvalue weighted by Gasteiger charge is -2.19. The molecule has 0 bridgehead atoms. The van der Waals surface area contributed by atoms with Crippen molar-refractivity contribution in [1.29, 1.82) is 0 Å². The van der Waals surface area contributed by atoms with E-state index in [2.05, 4.69) is 45.9 Å². The van der Waals surface area contributed by atoms with E-state index in [-0.39, 0.29) is 0 Å². The summed E-state index contributed by atoms with van der Waals surface area (Å²) in [6.07, 6.45) is 10.2. The first kappa shape index (κ1) is 10.4. The Morgan fingerprint density at radius 3 is 3.24 bits per heavy atom. The van der Waals surface area contributed by atoms with E-state index >= 15 is 0 Å². The van der Waals surface area contributed by atoms with Crippen molar-refractivity contribution >= 4 is 16.6 Å². The summed E-state index contributed by atoms with van der Waals surface area (Å²) in [7, 11) is 0. The van der Waals surface area contributed by atoms with Crippen molar-refractivity contribution in [2.45, 2.75) is 19.3 Å². The minimum Gasteiger partial charge on any atom is -0.384 e. The van der Waals surface area contributed by atoms with Gasteiger partial charge in [-0.05, 0) is 37.3 Å². The van der Waals surface area contributed by atoms with E-state index in [1.54, 1.807) is 0 Å². The molecule has 2 aromatic rings. The van der Waals surface area contributed by atoms with Gasteiger partial charge in [-0.2, -0.15) is 5.10 Å². The van der Waals surface area contributed by atoms with Crippen molar-refractivity contribution < 1.29 is 0 Å². The SMILES string of the molecule is C1=CCC(CNc2cccc3[nH]ncc23)CC1. The summed E-state index contributed by atoms with van der Waals surface area (Å²) in [5.41, 5.74) is 2.28. The van der Waals surface area contributed by atoms with Gasteiger partial charge in [0.2, 0.25) is 0 Å². The fourth-order valence-electron chi connectivity index (χ4n) is 2.42.